The molecular formula is C12H14FN3OS. The van der Waals surface area contributed by atoms with Gasteiger partial charge in [-0.05, 0) is 24.3 Å². The predicted octanol–water partition coefficient (Wildman–Crippen LogP) is 2.58. The van der Waals surface area contributed by atoms with Crippen LogP contribution in [-0.2, 0) is 0 Å². The Morgan fingerprint density at radius 1 is 1.33 bits per heavy atom. The van der Waals surface area contributed by atoms with Crippen molar-refractivity contribution in [2.24, 2.45) is 5.84 Å². The van der Waals surface area contributed by atoms with Crippen LogP contribution >= 0.6 is 11.3 Å². The molecular weight excluding hydrogens is 253 g/mol. The van der Waals surface area contributed by atoms with Crippen LogP contribution in [0, 0.1) is 5.82 Å². The fourth-order valence-electron chi connectivity index (χ4n) is 1.18. The Bertz CT molecular complexity index is 510. The van der Waals surface area contributed by atoms with Crippen molar-refractivity contribution in [1.29, 1.82) is 0 Å². The standard InChI is InChI=1S/C10H8FN3OS.C2H6/c11-7-3-1-6(2-4-7)10-13-8(5-16-10)9(15)14-12;1-2/h1-5H,12H2,(H,14,15);1-2H3. The van der Waals surface area contributed by atoms with Crippen LogP contribution in [-0.4, -0.2) is 10.9 Å². The van der Waals surface area contributed by atoms with Gasteiger partial charge in [-0.1, -0.05) is 13.8 Å². The Balaban J connectivity index is 0.000000771. The van der Waals surface area contributed by atoms with E-state index in [0.717, 1.165) is 5.56 Å². The lowest BCUT2D eigenvalue weighted by Crippen LogP contribution is -2.30. The third-order valence-electron chi connectivity index (χ3n) is 1.96. The highest BCUT2D eigenvalue weighted by atomic mass is 32.1. The first-order valence-corrected chi connectivity index (χ1v) is 6.31. The van der Waals surface area contributed by atoms with Gasteiger partial charge in [0.05, 0.1) is 0 Å². The number of halogens is 1. The Morgan fingerprint density at radius 2 is 1.94 bits per heavy atom. The predicted molar refractivity (Wildman–Crippen MR) is 70.5 cm³/mol. The molecule has 0 spiro atoms. The molecule has 0 atom stereocenters. The zero-order chi connectivity index (χ0) is 13.5. The number of nitrogen functional groups attached to an aromatic ring is 1. The van der Waals surface area contributed by atoms with E-state index in [2.05, 4.69) is 4.98 Å². The van der Waals surface area contributed by atoms with E-state index in [1.807, 2.05) is 19.3 Å². The number of nitrogens with two attached hydrogens (primary N) is 1. The van der Waals surface area contributed by atoms with Crippen molar-refractivity contribution in [2.45, 2.75) is 13.8 Å². The molecule has 1 heterocycles. The molecule has 2 rings (SSSR count). The fourth-order valence-corrected chi connectivity index (χ4v) is 1.98. The average Bonchev–Trinajstić information content (AvgIpc) is 2.90. The number of carbonyl (C=O) groups excluding carboxylic acids is 1. The lowest BCUT2D eigenvalue weighted by Gasteiger charge is -1.95. The summed E-state index contributed by atoms with van der Waals surface area (Å²) in [7, 11) is 0. The zero-order valence-electron chi connectivity index (χ0n) is 10.1. The molecule has 3 N–H and O–H groups in total. The fraction of sp³-hybridized carbons (Fsp3) is 0.167. The van der Waals surface area contributed by atoms with Gasteiger partial charge in [-0.15, -0.1) is 11.3 Å². The minimum Gasteiger partial charge on any atom is -0.289 e. The average molecular weight is 267 g/mol. The number of aromatic nitrogens is 1. The molecule has 96 valence electrons. The maximum absolute atomic E-state index is 12.7. The highest BCUT2D eigenvalue weighted by Gasteiger charge is 2.10. The van der Waals surface area contributed by atoms with Crippen LogP contribution in [0.5, 0.6) is 0 Å². The number of nitrogens with one attached hydrogen (secondary N) is 1. The van der Waals surface area contributed by atoms with E-state index in [0.29, 0.717) is 5.01 Å². The topological polar surface area (TPSA) is 68.0 Å². The molecule has 2 aromatic rings. The van der Waals surface area contributed by atoms with Crippen molar-refractivity contribution < 1.29 is 9.18 Å². The lowest BCUT2D eigenvalue weighted by molar-refractivity contribution is 0.0949. The number of thiazole rings is 1. The van der Waals surface area contributed by atoms with Crippen molar-refractivity contribution in [3.05, 3.63) is 41.2 Å². The summed E-state index contributed by atoms with van der Waals surface area (Å²) < 4.78 is 12.7. The highest BCUT2D eigenvalue weighted by Crippen LogP contribution is 2.23. The summed E-state index contributed by atoms with van der Waals surface area (Å²) in [4.78, 5) is 15.2. The van der Waals surface area contributed by atoms with Gasteiger partial charge in [0, 0.05) is 10.9 Å². The van der Waals surface area contributed by atoms with Crippen LogP contribution in [0.4, 0.5) is 4.39 Å². The molecule has 0 radical (unpaired) electrons. The second kappa shape index (κ2) is 6.83. The molecule has 0 aliphatic rings. The van der Waals surface area contributed by atoms with Crippen LogP contribution in [0.3, 0.4) is 0 Å². The number of hydrogen-bond acceptors (Lipinski definition) is 4. The third-order valence-corrected chi connectivity index (χ3v) is 2.85. The largest absolute Gasteiger partial charge is 0.289 e. The number of hydrazine groups is 1. The third kappa shape index (κ3) is 3.35. The first-order chi connectivity index (χ1) is 8.70. The van der Waals surface area contributed by atoms with Crippen LogP contribution in [0.2, 0.25) is 0 Å². The Hall–Kier alpha value is -1.79. The maximum atomic E-state index is 12.7. The van der Waals surface area contributed by atoms with Gasteiger partial charge in [-0.2, -0.15) is 0 Å². The summed E-state index contributed by atoms with van der Waals surface area (Å²) in [6, 6.07) is 5.91. The minimum atomic E-state index is -0.440. The van der Waals surface area contributed by atoms with Crippen LogP contribution in [0.25, 0.3) is 10.6 Å². The molecule has 1 aromatic carbocycles. The molecule has 1 amide bonds. The number of rotatable bonds is 2. The maximum Gasteiger partial charge on any atom is 0.284 e. The number of carbonyl (C=O) groups is 1. The first kappa shape index (κ1) is 14.3. The van der Waals surface area contributed by atoms with Crippen molar-refractivity contribution in [3.63, 3.8) is 0 Å². The van der Waals surface area contributed by atoms with Gasteiger partial charge in [-0.25, -0.2) is 15.2 Å². The highest BCUT2D eigenvalue weighted by molar-refractivity contribution is 7.13. The van der Waals surface area contributed by atoms with E-state index in [1.165, 1.54) is 23.5 Å². The van der Waals surface area contributed by atoms with E-state index in [4.69, 9.17) is 5.84 Å². The monoisotopic (exact) mass is 267 g/mol. The van der Waals surface area contributed by atoms with Gasteiger partial charge in [0.1, 0.15) is 16.5 Å². The minimum absolute atomic E-state index is 0.256. The van der Waals surface area contributed by atoms with Gasteiger partial charge < -0.3 is 0 Å². The number of benzene rings is 1. The molecule has 18 heavy (non-hydrogen) atoms. The Morgan fingerprint density at radius 3 is 2.50 bits per heavy atom. The van der Waals surface area contributed by atoms with E-state index < -0.39 is 5.91 Å². The normalized spacial score (nSPS) is 9.33. The molecule has 0 bridgehead atoms. The summed E-state index contributed by atoms with van der Waals surface area (Å²) >= 11 is 1.30. The molecule has 6 heteroatoms. The SMILES string of the molecule is CC.NNC(=O)c1csc(-c2ccc(F)cc2)n1. The summed E-state index contributed by atoms with van der Waals surface area (Å²) in [5.41, 5.74) is 3.02. The molecule has 0 aliphatic carbocycles. The number of amides is 1. The van der Waals surface area contributed by atoms with Crippen molar-refractivity contribution in [3.8, 4) is 10.6 Å². The van der Waals surface area contributed by atoms with Gasteiger partial charge >= 0.3 is 0 Å². The van der Waals surface area contributed by atoms with Gasteiger partial charge in [-0.3, -0.25) is 10.2 Å². The molecule has 0 fully saturated rings. The van der Waals surface area contributed by atoms with E-state index in [1.54, 1.807) is 17.5 Å². The quantitative estimate of drug-likeness (QED) is 0.499. The van der Waals surface area contributed by atoms with Crippen molar-refractivity contribution >= 4 is 17.2 Å². The van der Waals surface area contributed by atoms with E-state index in [-0.39, 0.29) is 11.5 Å². The van der Waals surface area contributed by atoms with E-state index in [9.17, 15) is 9.18 Å². The summed E-state index contributed by atoms with van der Waals surface area (Å²) in [5, 5.41) is 2.25. The van der Waals surface area contributed by atoms with Crippen molar-refractivity contribution in [2.75, 3.05) is 0 Å². The molecule has 0 unspecified atom stereocenters. The van der Waals surface area contributed by atoms with Gasteiger partial charge in [0.25, 0.3) is 5.91 Å². The summed E-state index contributed by atoms with van der Waals surface area (Å²) in [5.74, 6) is 4.24. The Kier molecular flexibility index (Phi) is 5.41. The number of hydrogen-bond donors (Lipinski definition) is 2. The molecule has 4 nitrogen and oxygen atoms in total. The molecule has 0 aliphatic heterocycles. The summed E-state index contributed by atoms with van der Waals surface area (Å²) in [6.45, 7) is 4.00. The van der Waals surface area contributed by atoms with Crippen molar-refractivity contribution in [1.82, 2.24) is 10.4 Å². The van der Waals surface area contributed by atoms with E-state index >= 15 is 0 Å². The second-order valence-corrected chi connectivity index (χ2v) is 3.88. The number of nitrogens with zero attached hydrogens (tertiary/aromatic N) is 1. The van der Waals surface area contributed by atoms with Crippen LogP contribution in [0.15, 0.2) is 29.6 Å². The lowest BCUT2D eigenvalue weighted by atomic mass is 10.2. The smallest absolute Gasteiger partial charge is 0.284 e. The summed E-state index contributed by atoms with van der Waals surface area (Å²) in [6.07, 6.45) is 0. The molecule has 1 aromatic heterocycles. The van der Waals surface area contributed by atoms with Crippen LogP contribution < -0.4 is 11.3 Å². The first-order valence-electron chi connectivity index (χ1n) is 5.43. The zero-order valence-corrected chi connectivity index (χ0v) is 10.9. The molecule has 0 saturated heterocycles. The Labute approximate surface area is 109 Å². The second-order valence-electron chi connectivity index (χ2n) is 3.02. The molecule has 0 saturated carbocycles. The van der Waals surface area contributed by atoms with Gasteiger partial charge in [0.15, 0.2) is 0 Å². The van der Waals surface area contributed by atoms with Crippen LogP contribution in [0.1, 0.15) is 24.3 Å². The van der Waals surface area contributed by atoms with Gasteiger partial charge in [0.2, 0.25) is 0 Å².